The van der Waals surface area contributed by atoms with Crippen molar-refractivity contribution in [2.75, 3.05) is 19.0 Å². The van der Waals surface area contributed by atoms with E-state index in [1.54, 1.807) is 31.4 Å². The molecule has 0 heterocycles. The van der Waals surface area contributed by atoms with Crippen LogP contribution in [0.3, 0.4) is 0 Å². The fourth-order valence-electron chi connectivity index (χ4n) is 2.36. The third kappa shape index (κ3) is 4.61. The molecular formula is C21H19NO3. The average Bonchev–Trinajstić information content (AvgIpc) is 2.67. The number of ether oxygens (including phenoxy) is 2. The van der Waals surface area contributed by atoms with Crippen LogP contribution in [0, 0.1) is 0 Å². The van der Waals surface area contributed by atoms with Crippen molar-refractivity contribution in [1.82, 2.24) is 0 Å². The molecule has 0 radical (unpaired) electrons. The summed E-state index contributed by atoms with van der Waals surface area (Å²) in [5.41, 5.74) is 1.47. The van der Waals surface area contributed by atoms with E-state index in [2.05, 4.69) is 5.32 Å². The topological polar surface area (TPSA) is 47.6 Å². The Balaban J connectivity index is 1.61. The van der Waals surface area contributed by atoms with Gasteiger partial charge in [0, 0.05) is 17.3 Å². The molecule has 3 aromatic rings. The molecule has 0 saturated carbocycles. The van der Waals surface area contributed by atoms with Crippen LogP contribution in [0.4, 0.5) is 5.69 Å². The number of Topliss-reactive ketones (excluding diaryl/α,β-unsaturated/α-hetero) is 1. The van der Waals surface area contributed by atoms with Crippen molar-refractivity contribution in [3.63, 3.8) is 0 Å². The number of rotatable bonds is 7. The van der Waals surface area contributed by atoms with Gasteiger partial charge in [-0.15, -0.1) is 0 Å². The van der Waals surface area contributed by atoms with E-state index < -0.39 is 0 Å². The monoisotopic (exact) mass is 333 g/mol. The smallest absolute Gasteiger partial charge is 0.181 e. The minimum atomic E-state index is 0.0111. The summed E-state index contributed by atoms with van der Waals surface area (Å²) in [5, 5.41) is 3.14. The fourth-order valence-corrected chi connectivity index (χ4v) is 2.36. The van der Waals surface area contributed by atoms with Crippen molar-refractivity contribution in [3.8, 4) is 17.2 Å². The number of benzene rings is 3. The summed E-state index contributed by atoms with van der Waals surface area (Å²) in [6, 6.07) is 24.2. The van der Waals surface area contributed by atoms with Gasteiger partial charge in [-0.1, -0.05) is 24.3 Å². The predicted molar refractivity (Wildman–Crippen MR) is 98.8 cm³/mol. The molecule has 3 aromatic carbocycles. The molecule has 0 fully saturated rings. The summed E-state index contributed by atoms with van der Waals surface area (Å²) in [5.74, 6) is 2.23. The maximum Gasteiger partial charge on any atom is 0.181 e. The average molecular weight is 333 g/mol. The molecule has 0 unspecified atom stereocenters. The van der Waals surface area contributed by atoms with Gasteiger partial charge in [0.1, 0.15) is 17.2 Å². The molecule has 25 heavy (non-hydrogen) atoms. The Hall–Kier alpha value is -3.27. The number of methoxy groups -OCH3 is 1. The molecule has 0 amide bonds. The van der Waals surface area contributed by atoms with E-state index in [9.17, 15) is 4.79 Å². The van der Waals surface area contributed by atoms with Crippen LogP contribution in [-0.4, -0.2) is 19.4 Å². The van der Waals surface area contributed by atoms with E-state index in [1.165, 1.54) is 0 Å². The molecule has 0 atom stereocenters. The van der Waals surface area contributed by atoms with Crippen molar-refractivity contribution < 1.29 is 14.3 Å². The lowest BCUT2D eigenvalue weighted by Gasteiger charge is -2.09. The SMILES string of the molecule is COc1ccc(C(=O)CNc2cccc(Oc3ccccc3)c2)cc1. The van der Waals surface area contributed by atoms with Crippen LogP contribution in [0.5, 0.6) is 17.2 Å². The maximum absolute atomic E-state index is 12.3. The third-order valence-electron chi connectivity index (χ3n) is 3.68. The zero-order valence-corrected chi connectivity index (χ0v) is 13.9. The highest BCUT2D eigenvalue weighted by Crippen LogP contribution is 2.23. The quantitative estimate of drug-likeness (QED) is 0.632. The number of nitrogens with one attached hydrogen (secondary N) is 1. The molecule has 0 aliphatic carbocycles. The molecule has 126 valence electrons. The number of hydrogen-bond donors (Lipinski definition) is 1. The van der Waals surface area contributed by atoms with Gasteiger partial charge >= 0.3 is 0 Å². The van der Waals surface area contributed by atoms with Crippen molar-refractivity contribution in [1.29, 1.82) is 0 Å². The molecule has 0 bridgehead atoms. The molecule has 3 rings (SSSR count). The standard InChI is InChI=1S/C21H19NO3/c1-24-18-12-10-16(11-13-18)21(23)15-22-17-6-5-9-20(14-17)25-19-7-3-2-4-8-19/h2-14,22H,15H2,1H3. The van der Waals surface area contributed by atoms with E-state index in [0.29, 0.717) is 11.3 Å². The maximum atomic E-state index is 12.3. The zero-order valence-electron chi connectivity index (χ0n) is 13.9. The lowest BCUT2D eigenvalue weighted by molar-refractivity contribution is 0.101. The highest BCUT2D eigenvalue weighted by molar-refractivity contribution is 5.99. The summed E-state index contributed by atoms with van der Waals surface area (Å²) >= 11 is 0. The predicted octanol–water partition coefficient (Wildman–Crippen LogP) is 4.78. The summed E-state index contributed by atoms with van der Waals surface area (Å²) in [4.78, 5) is 12.3. The molecule has 0 aliphatic rings. The number of anilines is 1. The first-order valence-electron chi connectivity index (χ1n) is 7.99. The van der Waals surface area contributed by atoms with Gasteiger partial charge < -0.3 is 14.8 Å². The van der Waals surface area contributed by atoms with Gasteiger partial charge in [-0.05, 0) is 48.5 Å². The minimum Gasteiger partial charge on any atom is -0.497 e. The third-order valence-corrected chi connectivity index (χ3v) is 3.68. The van der Waals surface area contributed by atoms with Crippen molar-refractivity contribution in [2.45, 2.75) is 0 Å². The summed E-state index contributed by atoms with van der Waals surface area (Å²) in [6.07, 6.45) is 0. The first kappa shape index (κ1) is 16.6. The Kier molecular flexibility index (Phi) is 5.32. The van der Waals surface area contributed by atoms with Gasteiger partial charge in [-0.2, -0.15) is 0 Å². The van der Waals surface area contributed by atoms with E-state index in [4.69, 9.17) is 9.47 Å². The van der Waals surface area contributed by atoms with Gasteiger partial charge in [0.05, 0.1) is 13.7 Å². The minimum absolute atomic E-state index is 0.0111. The molecule has 1 N–H and O–H groups in total. The summed E-state index contributed by atoms with van der Waals surface area (Å²) in [7, 11) is 1.60. The van der Waals surface area contributed by atoms with Gasteiger partial charge in [0.15, 0.2) is 5.78 Å². The molecule has 4 heteroatoms. The van der Waals surface area contributed by atoms with Gasteiger partial charge in [0.2, 0.25) is 0 Å². The molecule has 0 aromatic heterocycles. The van der Waals surface area contributed by atoms with Crippen LogP contribution in [0.2, 0.25) is 0 Å². The van der Waals surface area contributed by atoms with Crippen molar-refractivity contribution in [3.05, 3.63) is 84.4 Å². The molecule has 0 aliphatic heterocycles. The van der Waals surface area contributed by atoms with Crippen LogP contribution < -0.4 is 14.8 Å². The van der Waals surface area contributed by atoms with Crippen LogP contribution in [-0.2, 0) is 0 Å². The largest absolute Gasteiger partial charge is 0.497 e. The lowest BCUT2D eigenvalue weighted by atomic mass is 10.1. The van der Waals surface area contributed by atoms with Gasteiger partial charge in [-0.25, -0.2) is 0 Å². The molecule has 0 spiro atoms. The Morgan fingerprint density at radius 3 is 2.28 bits per heavy atom. The van der Waals surface area contributed by atoms with Crippen molar-refractivity contribution in [2.24, 2.45) is 0 Å². The Morgan fingerprint density at radius 1 is 0.840 bits per heavy atom. The Bertz CT molecular complexity index is 829. The van der Waals surface area contributed by atoms with Gasteiger partial charge in [-0.3, -0.25) is 4.79 Å². The number of para-hydroxylation sites is 1. The van der Waals surface area contributed by atoms with E-state index in [1.807, 2.05) is 54.6 Å². The van der Waals surface area contributed by atoms with Crippen LogP contribution in [0.25, 0.3) is 0 Å². The van der Waals surface area contributed by atoms with Crippen LogP contribution in [0.15, 0.2) is 78.9 Å². The van der Waals surface area contributed by atoms with Crippen LogP contribution >= 0.6 is 0 Å². The number of carbonyl (C=O) groups is 1. The van der Waals surface area contributed by atoms with Crippen molar-refractivity contribution >= 4 is 11.5 Å². The molecular weight excluding hydrogens is 314 g/mol. The van der Waals surface area contributed by atoms with E-state index >= 15 is 0 Å². The normalized spacial score (nSPS) is 10.1. The van der Waals surface area contributed by atoms with E-state index in [0.717, 1.165) is 17.2 Å². The van der Waals surface area contributed by atoms with Crippen LogP contribution in [0.1, 0.15) is 10.4 Å². The zero-order chi connectivity index (χ0) is 17.5. The number of ketones is 1. The number of hydrogen-bond acceptors (Lipinski definition) is 4. The lowest BCUT2D eigenvalue weighted by Crippen LogP contribution is -2.13. The van der Waals surface area contributed by atoms with Gasteiger partial charge in [0.25, 0.3) is 0 Å². The highest BCUT2D eigenvalue weighted by atomic mass is 16.5. The molecule has 4 nitrogen and oxygen atoms in total. The molecule has 0 saturated heterocycles. The first-order valence-corrected chi connectivity index (χ1v) is 7.99. The second-order valence-electron chi connectivity index (χ2n) is 5.45. The first-order chi connectivity index (χ1) is 12.2. The van der Waals surface area contributed by atoms with E-state index in [-0.39, 0.29) is 12.3 Å². The summed E-state index contributed by atoms with van der Waals surface area (Å²) in [6.45, 7) is 0.209. The Labute approximate surface area is 147 Å². The highest BCUT2D eigenvalue weighted by Gasteiger charge is 2.06. The second kappa shape index (κ2) is 8.02. The fraction of sp³-hybridized carbons (Fsp3) is 0.0952. The second-order valence-corrected chi connectivity index (χ2v) is 5.45. The number of carbonyl (C=O) groups excluding carboxylic acids is 1. The Morgan fingerprint density at radius 2 is 1.56 bits per heavy atom. The summed E-state index contributed by atoms with van der Waals surface area (Å²) < 4.78 is 10.9.